The first-order chi connectivity index (χ1) is 7.58. The van der Waals surface area contributed by atoms with E-state index >= 15 is 0 Å². The largest absolute Gasteiger partial charge is 0.374 e. The molecule has 0 aromatic heterocycles. The molecular weight excluding hydrogens is 196 g/mol. The molecule has 3 unspecified atom stereocenters. The molecule has 0 amide bonds. The van der Waals surface area contributed by atoms with Crippen LogP contribution in [-0.2, 0) is 0 Å². The Morgan fingerprint density at radius 2 is 2.00 bits per heavy atom. The van der Waals surface area contributed by atoms with E-state index in [0.29, 0.717) is 6.04 Å². The van der Waals surface area contributed by atoms with Crippen LogP contribution in [0.15, 0.2) is 23.9 Å². The second-order valence-corrected chi connectivity index (χ2v) is 5.44. The van der Waals surface area contributed by atoms with Crippen LogP contribution in [0.5, 0.6) is 0 Å². The van der Waals surface area contributed by atoms with Crippen LogP contribution >= 0.6 is 0 Å². The highest BCUT2D eigenvalue weighted by atomic mass is 15.1. The highest BCUT2D eigenvalue weighted by Gasteiger charge is 2.25. The van der Waals surface area contributed by atoms with Crippen molar-refractivity contribution in [2.24, 2.45) is 5.92 Å². The van der Waals surface area contributed by atoms with Crippen LogP contribution < -0.4 is 0 Å². The Hall–Kier alpha value is -0.760. The van der Waals surface area contributed by atoms with E-state index in [0.717, 1.165) is 12.0 Å². The van der Waals surface area contributed by atoms with Gasteiger partial charge in [-0.3, -0.25) is 0 Å². The van der Waals surface area contributed by atoms with Crippen molar-refractivity contribution in [1.82, 2.24) is 9.80 Å². The molecular formula is C14H24N2. The first-order valence-electron chi connectivity index (χ1n) is 6.40. The number of likely N-dealkylation sites (tertiary alicyclic amines) is 1. The molecule has 0 aromatic carbocycles. The third kappa shape index (κ3) is 2.32. The maximum atomic E-state index is 2.47. The lowest BCUT2D eigenvalue weighted by atomic mass is 9.84. The fourth-order valence-electron chi connectivity index (χ4n) is 2.66. The Balaban J connectivity index is 2.04. The zero-order valence-corrected chi connectivity index (χ0v) is 11.0. The lowest BCUT2D eigenvalue weighted by molar-refractivity contribution is 0.169. The second kappa shape index (κ2) is 4.62. The summed E-state index contributed by atoms with van der Waals surface area (Å²) >= 11 is 0. The van der Waals surface area contributed by atoms with Crippen LogP contribution in [0, 0.1) is 5.92 Å². The van der Waals surface area contributed by atoms with E-state index in [9.17, 15) is 0 Å². The van der Waals surface area contributed by atoms with Crippen LogP contribution in [0.3, 0.4) is 0 Å². The minimum absolute atomic E-state index is 0.551. The zero-order valence-electron chi connectivity index (χ0n) is 11.0. The van der Waals surface area contributed by atoms with Gasteiger partial charge in [-0.1, -0.05) is 6.08 Å². The van der Waals surface area contributed by atoms with Crippen molar-refractivity contribution in [3.05, 3.63) is 23.9 Å². The van der Waals surface area contributed by atoms with Gasteiger partial charge >= 0.3 is 0 Å². The van der Waals surface area contributed by atoms with Crippen molar-refractivity contribution >= 4 is 0 Å². The van der Waals surface area contributed by atoms with Gasteiger partial charge in [-0.2, -0.15) is 0 Å². The molecule has 2 aliphatic rings. The number of allylic oxidation sites excluding steroid dienone is 2. The van der Waals surface area contributed by atoms with E-state index < -0.39 is 0 Å². The van der Waals surface area contributed by atoms with Gasteiger partial charge in [0.15, 0.2) is 0 Å². The molecule has 0 spiro atoms. The Bertz CT molecular complexity index is 306. The third-order valence-corrected chi connectivity index (χ3v) is 4.26. The van der Waals surface area contributed by atoms with Crippen molar-refractivity contribution in [2.45, 2.75) is 38.8 Å². The molecule has 2 heteroatoms. The lowest BCUT2D eigenvalue weighted by Gasteiger charge is -2.37. The van der Waals surface area contributed by atoms with Crippen molar-refractivity contribution in [2.75, 3.05) is 20.6 Å². The number of nitrogens with zero attached hydrogens (tertiary/aromatic N) is 2. The summed E-state index contributed by atoms with van der Waals surface area (Å²) in [5, 5.41) is 0. The highest BCUT2D eigenvalue weighted by Crippen LogP contribution is 2.30. The first-order valence-corrected chi connectivity index (χ1v) is 6.40. The molecule has 16 heavy (non-hydrogen) atoms. The molecule has 0 aliphatic carbocycles. The maximum Gasteiger partial charge on any atom is 0.0441 e. The van der Waals surface area contributed by atoms with E-state index in [1.807, 2.05) is 0 Å². The van der Waals surface area contributed by atoms with Crippen LogP contribution in [0.25, 0.3) is 0 Å². The highest BCUT2D eigenvalue weighted by molar-refractivity contribution is 5.27. The minimum Gasteiger partial charge on any atom is -0.374 e. The SMILES string of the molecule is CC1C=C(C2CCN(C)C(C)C2)C=CN1C. The molecule has 90 valence electrons. The van der Waals surface area contributed by atoms with Gasteiger partial charge in [0.1, 0.15) is 0 Å². The Morgan fingerprint density at radius 3 is 2.62 bits per heavy atom. The summed E-state index contributed by atoms with van der Waals surface area (Å²) in [6.45, 7) is 5.85. The van der Waals surface area contributed by atoms with E-state index in [1.165, 1.54) is 19.4 Å². The van der Waals surface area contributed by atoms with Gasteiger partial charge in [-0.25, -0.2) is 0 Å². The third-order valence-electron chi connectivity index (χ3n) is 4.26. The maximum absolute atomic E-state index is 2.47. The molecule has 2 aliphatic heterocycles. The second-order valence-electron chi connectivity index (χ2n) is 5.44. The van der Waals surface area contributed by atoms with Crippen molar-refractivity contribution in [3.8, 4) is 0 Å². The van der Waals surface area contributed by atoms with E-state index in [4.69, 9.17) is 0 Å². The minimum atomic E-state index is 0.551. The molecule has 2 rings (SSSR count). The quantitative estimate of drug-likeness (QED) is 0.670. The summed E-state index contributed by atoms with van der Waals surface area (Å²) < 4.78 is 0. The van der Waals surface area contributed by atoms with Crippen molar-refractivity contribution < 1.29 is 0 Å². The molecule has 0 bridgehead atoms. The van der Waals surface area contributed by atoms with Crippen LogP contribution in [0.1, 0.15) is 26.7 Å². The lowest BCUT2D eigenvalue weighted by Crippen LogP contribution is -2.38. The number of hydrogen-bond donors (Lipinski definition) is 0. The van der Waals surface area contributed by atoms with Gasteiger partial charge in [0.05, 0.1) is 0 Å². The molecule has 2 nitrogen and oxygen atoms in total. The molecule has 3 atom stereocenters. The van der Waals surface area contributed by atoms with Gasteiger partial charge in [0, 0.05) is 19.1 Å². The van der Waals surface area contributed by atoms with E-state index in [1.54, 1.807) is 5.57 Å². The summed E-state index contributed by atoms with van der Waals surface area (Å²) in [7, 11) is 4.38. The molecule has 0 aromatic rings. The first kappa shape index (κ1) is 11.7. The molecule has 2 heterocycles. The van der Waals surface area contributed by atoms with Gasteiger partial charge in [0.25, 0.3) is 0 Å². The predicted molar refractivity (Wildman–Crippen MR) is 69.3 cm³/mol. The molecule has 0 radical (unpaired) electrons. The molecule has 1 saturated heterocycles. The smallest absolute Gasteiger partial charge is 0.0441 e. The number of rotatable bonds is 1. The molecule has 1 fully saturated rings. The van der Waals surface area contributed by atoms with Crippen LogP contribution in [0.2, 0.25) is 0 Å². The van der Waals surface area contributed by atoms with Crippen molar-refractivity contribution in [3.63, 3.8) is 0 Å². The van der Waals surface area contributed by atoms with Crippen LogP contribution in [0.4, 0.5) is 0 Å². The molecule has 0 N–H and O–H groups in total. The number of hydrogen-bond acceptors (Lipinski definition) is 2. The fourth-order valence-corrected chi connectivity index (χ4v) is 2.66. The Labute approximate surface area is 99.6 Å². The monoisotopic (exact) mass is 220 g/mol. The summed E-state index contributed by atoms with van der Waals surface area (Å²) in [5.41, 5.74) is 1.56. The Kier molecular flexibility index (Phi) is 3.38. The topological polar surface area (TPSA) is 6.48 Å². The average molecular weight is 220 g/mol. The normalized spacial score (nSPS) is 36.4. The van der Waals surface area contributed by atoms with Gasteiger partial charge in [0.2, 0.25) is 0 Å². The Morgan fingerprint density at radius 1 is 1.25 bits per heavy atom. The summed E-state index contributed by atoms with van der Waals surface area (Å²) in [6.07, 6.45) is 9.59. The number of piperidine rings is 1. The van der Waals surface area contributed by atoms with Gasteiger partial charge in [-0.05, 0) is 64.0 Å². The van der Waals surface area contributed by atoms with Gasteiger partial charge in [-0.15, -0.1) is 0 Å². The summed E-state index contributed by atoms with van der Waals surface area (Å²) in [4.78, 5) is 4.74. The average Bonchev–Trinajstić information content (AvgIpc) is 2.26. The van der Waals surface area contributed by atoms with Crippen LogP contribution in [-0.4, -0.2) is 42.5 Å². The zero-order chi connectivity index (χ0) is 11.7. The van der Waals surface area contributed by atoms with Crippen molar-refractivity contribution in [1.29, 1.82) is 0 Å². The fraction of sp³-hybridized carbons (Fsp3) is 0.714. The predicted octanol–water partition coefficient (Wildman–Crippen LogP) is 2.49. The van der Waals surface area contributed by atoms with E-state index in [-0.39, 0.29) is 0 Å². The molecule has 0 saturated carbocycles. The van der Waals surface area contributed by atoms with E-state index in [2.05, 4.69) is 56.1 Å². The summed E-state index contributed by atoms with van der Waals surface area (Å²) in [5.74, 6) is 0.776. The standard InChI is InChI=1S/C14H24N2/c1-11-9-13(5-7-15(11)3)14-6-8-16(4)12(2)10-14/h5,7,9,11-12,14H,6,8,10H2,1-4H3. The summed E-state index contributed by atoms with van der Waals surface area (Å²) in [6, 6.07) is 1.28. The van der Waals surface area contributed by atoms with Gasteiger partial charge < -0.3 is 9.80 Å². The number of likely N-dealkylation sites (N-methyl/N-ethyl adjacent to an activating group) is 1.